The summed E-state index contributed by atoms with van der Waals surface area (Å²) in [6, 6.07) is 9.43. The van der Waals surface area contributed by atoms with Crippen molar-refractivity contribution >= 4 is 11.0 Å². The highest BCUT2D eigenvalue weighted by molar-refractivity contribution is 5.84. The van der Waals surface area contributed by atoms with Crippen molar-refractivity contribution in [2.45, 2.75) is 72.0 Å². The number of rotatable bonds is 6. The molecule has 6 nitrogen and oxygen atoms in total. The van der Waals surface area contributed by atoms with Crippen LogP contribution in [-0.4, -0.2) is 60.8 Å². The topological polar surface area (TPSA) is 68.3 Å². The number of nitrogens with zero attached hydrogens (tertiary/aromatic N) is 4. The van der Waals surface area contributed by atoms with E-state index in [1.807, 2.05) is 12.1 Å². The molecule has 4 rings (SSSR count). The van der Waals surface area contributed by atoms with Gasteiger partial charge in [0.15, 0.2) is 5.65 Å². The third-order valence-corrected chi connectivity index (χ3v) is 6.96. The molecule has 2 N–H and O–H groups in total. The van der Waals surface area contributed by atoms with Crippen LogP contribution in [0.1, 0.15) is 58.7 Å². The van der Waals surface area contributed by atoms with Crippen LogP contribution < -0.4 is 0 Å². The number of fused-ring (bicyclic) bond motifs is 1. The average Bonchev–Trinajstić information content (AvgIpc) is 3.11. The van der Waals surface area contributed by atoms with E-state index in [1.165, 1.54) is 18.4 Å². The number of aromatic hydroxyl groups is 1. The zero-order valence-electron chi connectivity index (χ0n) is 20.4. The molecule has 0 atom stereocenters. The Morgan fingerprint density at radius 1 is 1.03 bits per heavy atom. The Labute approximate surface area is 191 Å². The number of nitrogens with one attached hydrogen (secondary N) is 1. The second-order valence-corrected chi connectivity index (χ2v) is 10.5. The largest absolute Gasteiger partial charge is 0.508 e. The molecule has 3 heterocycles. The highest BCUT2D eigenvalue weighted by atomic mass is 16.3. The van der Waals surface area contributed by atoms with Gasteiger partial charge in [-0.2, -0.15) is 5.10 Å². The predicted octanol–water partition coefficient (Wildman–Crippen LogP) is 5.11. The van der Waals surface area contributed by atoms with E-state index in [-0.39, 0.29) is 16.8 Å². The number of H-pyrrole nitrogens is 1. The minimum atomic E-state index is 0.0647. The molecular formula is C26H37N5O. The van der Waals surface area contributed by atoms with Crippen molar-refractivity contribution in [3.8, 4) is 17.0 Å². The first-order chi connectivity index (χ1) is 15.1. The highest BCUT2D eigenvalue weighted by Gasteiger charge is 2.42. The summed E-state index contributed by atoms with van der Waals surface area (Å²) >= 11 is 0. The van der Waals surface area contributed by atoms with Gasteiger partial charge < -0.3 is 5.11 Å². The molecule has 0 amide bonds. The second kappa shape index (κ2) is 8.49. The van der Waals surface area contributed by atoms with Crippen LogP contribution in [0.25, 0.3) is 22.3 Å². The van der Waals surface area contributed by atoms with Gasteiger partial charge in [-0.15, -0.1) is 0 Å². The summed E-state index contributed by atoms with van der Waals surface area (Å²) < 4.78 is 0. The number of phenolic OH excluding ortho intramolecular Hbond substituents is 1. The Hall–Kier alpha value is -2.44. The Kier molecular flexibility index (Phi) is 6.03. The van der Waals surface area contributed by atoms with Gasteiger partial charge in [0.1, 0.15) is 5.75 Å². The van der Waals surface area contributed by atoms with Gasteiger partial charge in [-0.3, -0.25) is 14.9 Å². The molecule has 1 aromatic carbocycles. The Morgan fingerprint density at radius 3 is 2.38 bits per heavy atom. The minimum Gasteiger partial charge on any atom is -0.508 e. The van der Waals surface area contributed by atoms with E-state index in [2.05, 4.69) is 67.6 Å². The van der Waals surface area contributed by atoms with E-state index >= 15 is 0 Å². The Morgan fingerprint density at radius 2 is 1.69 bits per heavy atom. The number of hydrogen-bond acceptors (Lipinski definition) is 5. The van der Waals surface area contributed by atoms with E-state index in [1.54, 1.807) is 12.1 Å². The summed E-state index contributed by atoms with van der Waals surface area (Å²) in [5, 5.41) is 18.4. The zero-order chi connectivity index (χ0) is 23.1. The Bertz CT molecular complexity index is 1080. The van der Waals surface area contributed by atoms with Crippen LogP contribution in [0, 0.1) is 6.92 Å². The van der Waals surface area contributed by atoms with Crippen LogP contribution in [0.4, 0.5) is 0 Å². The lowest BCUT2D eigenvalue weighted by Gasteiger charge is -2.55. The van der Waals surface area contributed by atoms with E-state index in [0.717, 1.165) is 54.2 Å². The second-order valence-electron chi connectivity index (χ2n) is 10.5. The molecule has 0 radical (unpaired) electrons. The number of piperazine rings is 1. The highest BCUT2D eigenvalue weighted by Crippen LogP contribution is 2.34. The number of pyridine rings is 1. The normalized spacial score (nSPS) is 18.9. The number of aryl methyl sites for hydroxylation is 1. The molecule has 1 saturated heterocycles. The number of aromatic amines is 1. The summed E-state index contributed by atoms with van der Waals surface area (Å²) in [7, 11) is 0. The van der Waals surface area contributed by atoms with Gasteiger partial charge >= 0.3 is 0 Å². The quantitative estimate of drug-likeness (QED) is 0.563. The molecule has 172 valence electrons. The lowest BCUT2D eigenvalue weighted by molar-refractivity contribution is -0.0603. The predicted molar refractivity (Wildman–Crippen MR) is 131 cm³/mol. The minimum absolute atomic E-state index is 0.0647. The molecule has 3 aromatic rings. The van der Waals surface area contributed by atoms with Crippen LogP contribution in [0.15, 0.2) is 30.3 Å². The molecule has 0 aliphatic carbocycles. The smallest absolute Gasteiger partial charge is 0.182 e. The van der Waals surface area contributed by atoms with Crippen molar-refractivity contribution in [1.82, 2.24) is 25.0 Å². The fourth-order valence-corrected chi connectivity index (χ4v) is 4.94. The summed E-state index contributed by atoms with van der Waals surface area (Å²) in [5.41, 5.74) is 5.11. The summed E-state index contributed by atoms with van der Waals surface area (Å²) in [4.78, 5) is 10.1. The first kappa shape index (κ1) is 22.7. The first-order valence-corrected chi connectivity index (χ1v) is 11.7. The maximum Gasteiger partial charge on any atom is 0.182 e. The SMILES string of the molecule is CCCCN1CC(C)(C)N(Cc2cc(-c3ccc(O)cc3)nc3n[nH]c(C)c23)CC1(C)C. The molecular weight excluding hydrogens is 398 g/mol. The molecule has 0 bridgehead atoms. The molecule has 6 heteroatoms. The lowest BCUT2D eigenvalue weighted by Crippen LogP contribution is -2.67. The molecule has 0 spiro atoms. The van der Waals surface area contributed by atoms with Crippen LogP contribution in [0.5, 0.6) is 5.75 Å². The number of hydrogen-bond donors (Lipinski definition) is 2. The van der Waals surface area contributed by atoms with E-state index < -0.39 is 0 Å². The summed E-state index contributed by atoms with van der Waals surface area (Å²) in [5.74, 6) is 0.260. The van der Waals surface area contributed by atoms with Gasteiger partial charge in [-0.1, -0.05) is 13.3 Å². The number of unbranched alkanes of at least 4 members (excludes halogenated alkanes) is 1. The monoisotopic (exact) mass is 435 g/mol. The molecule has 32 heavy (non-hydrogen) atoms. The first-order valence-electron chi connectivity index (χ1n) is 11.7. The van der Waals surface area contributed by atoms with Crippen molar-refractivity contribution < 1.29 is 5.11 Å². The number of benzene rings is 1. The molecule has 0 unspecified atom stereocenters. The van der Waals surface area contributed by atoms with E-state index in [9.17, 15) is 5.11 Å². The van der Waals surface area contributed by atoms with Crippen molar-refractivity contribution in [2.75, 3.05) is 19.6 Å². The summed E-state index contributed by atoms with van der Waals surface area (Å²) in [6.45, 7) is 17.9. The molecule has 1 aliphatic rings. The van der Waals surface area contributed by atoms with Gasteiger partial charge in [0, 0.05) is 47.4 Å². The van der Waals surface area contributed by atoms with Crippen LogP contribution in [0.3, 0.4) is 0 Å². The average molecular weight is 436 g/mol. The van der Waals surface area contributed by atoms with Gasteiger partial charge in [0.05, 0.1) is 5.69 Å². The van der Waals surface area contributed by atoms with Crippen molar-refractivity contribution in [3.05, 3.63) is 41.6 Å². The third-order valence-electron chi connectivity index (χ3n) is 6.96. The maximum atomic E-state index is 9.68. The summed E-state index contributed by atoms with van der Waals surface area (Å²) in [6.07, 6.45) is 2.47. The van der Waals surface area contributed by atoms with E-state index in [0.29, 0.717) is 0 Å². The van der Waals surface area contributed by atoms with Crippen LogP contribution in [0.2, 0.25) is 0 Å². The van der Waals surface area contributed by atoms with Gasteiger partial charge in [-0.05, 0) is 83.5 Å². The van der Waals surface area contributed by atoms with E-state index in [4.69, 9.17) is 4.98 Å². The third kappa shape index (κ3) is 4.39. The molecule has 2 aromatic heterocycles. The van der Waals surface area contributed by atoms with Gasteiger partial charge in [0.25, 0.3) is 0 Å². The lowest BCUT2D eigenvalue weighted by atomic mass is 9.88. The fourth-order valence-electron chi connectivity index (χ4n) is 4.94. The molecule has 1 fully saturated rings. The number of aromatic nitrogens is 3. The maximum absolute atomic E-state index is 9.68. The van der Waals surface area contributed by atoms with Crippen molar-refractivity contribution in [2.24, 2.45) is 0 Å². The van der Waals surface area contributed by atoms with Crippen molar-refractivity contribution in [1.29, 1.82) is 0 Å². The van der Waals surface area contributed by atoms with Crippen molar-refractivity contribution in [3.63, 3.8) is 0 Å². The fraction of sp³-hybridized carbons (Fsp3) is 0.538. The van der Waals surface area contributed by atoms with Crippen LogP contribution >= 0.6 is 0 Å². The van der Waals surface area contributed by atoms with Gasteiger partial charge in [-0.25, -0.2) is 4.98 Å². The van der Waals surface area contributed by atoms with Crippen LogP contribution in [-0.2, 0) is 6.54 Å². The molecule has 1 aliphatic heterocycles. The number of phenols is 1. The molecule has 0 saturated carbocycles. The van der Waals surface area contributed by atoms with Gasteiger partial charge in [0.2, 0.25) is 0 Å². The standard InChI is InChI=1S/C26H37N5O/c1-7-8-13-30-16-26(5,6)31(17-25(30,3)4)15-20-14-22(19-9-11-21(32)12-10-19)27-24-23(20)18(2)28-29-24/h9-12,14,32H,7-8,13,15-17H2,1-6H3,(H,27,28,29). The zero-order valence-corrected chi connectivity index (χ0v) is 20.4. The Balaban J connectivity index is 1.70.